The molecule has 0 fully saturated rings. The Morgan fingerprint density at radius 3 is 2.80 bits per heavy atom. The normalized spacial score (nSPS) is 10.9. The first kappa shape index (κ1) is 12.0. The second-order valence-corrected chi connectivity index (χ2v) is 3.69. The Balaban J connectivity index is 2.50. The summed E-state index contributed by atoms with van der Waals surface area (Å²) in [5.74, 6) is 0. The van der Waals surface area contributed by atoms with Crippen LogP contribution in [0.3, 0.4) is 0 Å². The molecule has 0 saturated heterocycles. The molecule has 15 heavy (non-hydrogen) atoms. The number of nitrogens with two attached hydrogens (primary N) is 1. The Labute approximate surface area is 91.5 Å². The molecule has 0 saturated carbocycles. The van der Waals surface area contributed by atoms with Crippen molar-refractivity contribution in [1.82, 2.24) is 4.90 Å². The van der Waals surface area contributed by atoms with Gasteiger partial charge in [-0.2, -0.15) is 0 Å². The fourth-order valence-electron chi connectivity index (χ4n) is 1.59. The quantitative estimate of drug-likeness (QED) is 0.696. The number of rotatable bonds is 6. The van der Waals surface area contributed by atoms with Crippen molar-refractivity contribution in [2.45, 2.75) is 19.9 Å². The third kappa shape index (κ3) is 4.32. The van der Waals surface area contributed by atoms with E-state index in [0.717, 1.165) is 31.7 Å². The van der Waals surface area contributed by atoms with Crippen LogP contribution in [0.5, 0.6) is 0 Å². The van der Waals surface area contributed by atoms with Gasteiger partial charge in [0.2, 0.25) is 0 Å². The number of aliphatic hydroxyl groups excluding tert-OH is 1. The Morgan fingerprint density at radius 2 is 2.20 bits per heavy atom. The molecule has 0 radical (unpaired) electrons. The van der Waals surface area contributed by atoms with E-state index >= 15 is 0 Å². The summed E-state index contributed by atoms with van der Waals surface area (Å²) >= 11 is 0. The van der Waals surface area contributed by atoms with Crippen molar-refractivity contribution in [2.75, 3.05) is 25.4 Å². The molecule has 0 spiro atoms. The summed E-state index contributed by atoms with van der Waals surface area (Å²) < 4.78 is 0. The van der Waals surface area contributed by atoms with Crippen LogP contribution in [-0.2, 0) is 6.54 Å². The summed E-state index contributed by atoms with van der Waals surface area (Å²) in [7, 11) is 0. The van der Waals surface area contributed by atoms with Gasteiger partial charge in [0, 0.05) is 25.4 Å². The standard InChI is InChI=1S/C12H20N2O/c1-2-14(7-4-8-15)10-11-5-3-6-12(13)9-11/h3,5-6,9,15H,2,4,7-8,10,13H2,1H3. The summed E-state index contributed by atoms with van der Waals surface area (Å²) in [5.41, 5.74) is 7.76. The highest BCUT2D eigenvalue weighted by Crippen LogP contribution is 2.09. The highest BCUT2D eigenvalue weighted by molar-refractivity contribution is 5.40. The van der Waals surface area contributed by atoms with Crippen LogP contribution >= 0.6 is 0 Å². The fraction of sp³-hybridized carbons (Fsp3) is 0.500. The van der Waals surface area contributed by atoms with Gasteiger partial charge >= 0.3 is 0 Å². The summed E-state index contributed by atoms with van der Waals surface area (Å²) in [6.45, 7) is 5.22. The zero-order valence-corrected chi connectivity index (χ0v) is 9.32. The monoisotopic (exact) mass is 208 g/mol. The predicted octanol–water partition coefficient (Wildman–Crippen LogP) is 1.47. The molecule has 0 aliphatic carbocycles. The molecule has 1 aromatic carbocycles. The largest absolute Gasteiger partial charge is 0.399 e. The molecule has 0 aliphatic heterocycles. The topological polar surface area (TPSA) is 49.5 Å². The molecule has 1 aromatic rings. The number of hydrogen-bond acceptors (Lipinski definition) is 3. The lowest BCUT2D eigenvalue weighted by Gasteiger charge is -2.19. The van der Waals surface area contributed by atoms with Crippen molar-refractivity contribution in [3.8, 4) is 0 Å². The molecule has 0 atom stereocenters. The van der Waals surface area contributed by atoms with Crippen molar-refractivity contribution in [3.05, 3.63) is 29.8 Å². The van der Waals surface area contributed by atoms with Crippen LogP contribution in [-0.4, -0.2) is 29.7 Å². The summed E-state index contributed by atoms with van der Waals surface area (Å²) in [5, 5.41) is 8.77. The second kappa shape index (κ2) is 6.43. The molecule has 0 unspecified atom stereocenters. The van der Waals surface area contributed by atoms with Gasteiger partial charge in [0.25, 0.3) is 0 Å². The summed E-state index contributed by atoms with van der Waals surface area (Å²) in [6, 6.07) is 7.96. The van der Waals surface area contributed by atoms with Crippen LogP contribution < -0.4 is 5.73 Å². The number of benzene rings is 1. The van der Waals surface area contributed by atoms with E-state index in [-0.39, 0.29) is 6.61 Å². The second-order valence-electron chi connectivity index (χ2n) is 3.69. The predicted molar refractivity (Wildman–Crippen MR) is 63.5 cm³/mol. The molecule has 3 N–H and O–H groups in total. The van der Waals surface area contributed by atoms with E-state index in [9.17, 15) is 0 Å². The van der Waals surface area contributed by atoms with E-state index in [4.69, 9.17) is 10.8 Å². The summed E-state index contributed by atoms with van der Waals surface area (Å²) in [4.78, 5) is 2.30. The van der Waals surface area contributed by atoms with E-state index in [2.05, 4.69) is 17.9 Å². The third-order valence-electron chi connectivity index (χ3n) is 2.44. The van der Waals surface area contributed by atoms with Gasteiger partial charge in [0.1, 0.15) is 0 Å². The highest BCUT2D eigenvalue weighted by atomic mass is 16.3. The molecule has 0 bridgehead atoms. The fourth-order valence-corrected chi connectivity index (χ4v) is 1.59. The number of hydrogen-bond donors (Lipinski definition) is 2. The Morgan fingerprint density at radius 1 is 1.40 bits per heavy atom. The lowest BCUT2D eigenvalue weighted by molar-refractivity contribution is 0.225. The maximum absolute atomic E-state index is 8.77. The van der Waals surface area contributed by atoms with E-state index in [0.29, 0.717) is 0 Å². The maximum Gasteiger partial charge on any atom is 0.0443 e. The molecule has 1 rings (SSSR count). The first-order valence-corrected chi connectivity index (χ1v) is 5.44. The molecule has 3 nitrogen and oxygen atoms in total. The van der Waals surface area contributed by atoms with Crippen molar-refractivity contribution < 1.29 is 5.11 Å². The molecule has 84 valence electrons. The average Bonchev–Trinajstić information content (AvgIpc) is 2.24. The van der Waals surface area contributed by atoms with E-state index in [1.54, 1.807) is 0 Å². The molecular weight excluding hydrogens is 188 g/mol. The molecule has 0 aromatic heterocycles. The highest BCUT2D eigenvalue weighted by Gasteiger charge is 2.02. The zero-order chi connectivity index (χ0) is 11.1. The van der Waals surface area contributed by atoms with Crippen molar-refractivity contribution in [3.63, 3.8) is 0 Å². The zero-order valence-electron chi connectivity index (χ0n) is 9.32. The van der Waals surface area contributed by atoms with Crippen LogP contribution in [0.25, 0.3) is 0 Å². The van der Waals surface area contributed by atoms with Crippen LogP contribution in [0.4, 0.5) is 5.69 Å². The van der Waals surface area contributed by atoms with Crippen LogP contribution in [0.2, 0.25) is 0 Å². The average molecular weight is 208 g/mol. The van der Waals surface area contributed by atoms with Gasteiger partial charge in [-0.1, -0.05) is 19.1 Å². The third-order valence-corrected chi connectivity index (χ3v) is 2.44. The van der Waals surface area contributed by atoms with Crippen LogP contribution in [0.15, 0.2) is 24.3 Å². The molecule has 3 heteroatoms. The minimum atomic E-state index is 0.257. The van der Waals surface area contributed by atoms with E-state index < -0.39 is 0 Å². The van der Waals surface area contributed by atoms with Crippen LogP contribution in [0.1, 0.15) is 18.9 Å². The van der Waals surface area contributed by atoms with E-state index in [1.165, 1.54) is 5.56 Å². The van der Waals surface area contributed by atoms with Gasteiger partial charge in [-0.05, 0) is 30.7 Å². The number of anilines is 1. The van der Waals surface area contributed by atoms with Gasteiger partial charge in [-0.25, -0.2) is 0 Å². The first-order valence-electron chi connectivity index (χ1n) is 5.44. The van der Waals surface area contributed by atoms with Crippen molar-refractivity contribution >= 4 is 5.69 Å². The smallest absolute Gasteiger partial charge is 0.0443 e. The van der Waals surface area contributed by atoms with Gasteiger partial charge in [-0.3, -0.25) is 4.90 Å². The maximum atomic E-state index is 8.77. The minimum Gasteiger partial charge on any atom is -0.399 e. The van der Waals surface area contributed by atoms with Crippen molar-refractivity contribution in [2.24, 2.45) is 0 Å². The molecule has 0 amide bonds. The number of nitrogens with zero attached hydrogens (tertiary/aromatic N) is 1. The van der Waals surface area contributed by atoms with Crippen LogP contribution in [0, 0.1) is 0 Å². The minimum absolute atomic E-state index is 0.257. The SMILES string of the molecule is CCN(CCCO)Cc1cccc(N)c1. The lowest BCUT2D eigenvalue weighted by atomic mass is 10.2. The molecule has 0 aliphatic rings. The lowest BCUT2D eigenvalue weighted by Crippen LogP contribution is -2.24. The van der Waals surface area contributed by atoms with Crippen molar-refractivity contribution in [1.29, 1.82) is 0 Å². The first-order chi connectivity index (χ1) is 7.26. The molecule has 0 heterocycles. The number of aliphatic hydroxyl groups is 1. The van der Waals surface area contributed by atoms with E-state index in [1.807, 2.05) is 18.2 Å². The Bertz CT molecular complexity index is 289. The van der Waals surface area contributed by atoms with Gasteiger partial charge in [0.05, 0.1) is 0 Å². The Hall–Kier alpha value is -1.06. The van der Waals surface area contributed by atoms with Gasteiger partial charge in [0.15, 0.2) is 0 Å². The Kier molecular flexibility index (Phi) is 5.15. The molecular formula is C12H20N2O. The summed E-state index contributed by atoms with van der Waals surface area (Å²) in [6.07, 6.45) is 0.830. The number of nitrogen functional groups attached to an aromatic ring is 1. The van der Waals surface area contributed by atoms with Gasteiger partial charge < -0.3 is 10.8 Å². The van der Waals surface area contributed by atoms with Gasteiger partial charge in [-0.15, -0.1) is 0 Å².